The van der Waals surface area contributed by atoms with Crippen LogP contribution in [0.5, 0.6) is 5.75 Å². The molecule has 1 unspecified atom stereocenters. The second kappa shape index (κ2) is 5.37. The maximum Gasteiger partial charge on any atom is 0.124 e. The second-order valence-electron chi connectivity index (χ2n) is 4.08. The number of ether oxygens (including phenoxy) is 1. The molecule has 0 amide bonds. The third-order valence-corrected chi connectivity index (χ3v) is 3.22. The van der Waals surface area contributed by atoms with E-state index in [1.165, 1.54) is 5.56 Å². The van der Waals surface area contributed by atoms with E-state index < -0.39 is 0 Å². The molecule has 0 aliphatic heterocycles. The molecular formula is C15H15BrO. The van der Waals surface area contributed by atoms with Crippen molar-refractivity contribution in [3.05, 3.63) is 64.1 Å². The molecule has 0 heterocycles. The number of hydrogen-bond acceptors (Lipinski definition) is 1. The van der Waals surface area contributed by atoms with E-state index in [1.807, 2.05) is 30.3 Å². The Morgan fingerprint density at radius 3 is 2.47 bits per heavy atom. The van der Waals surface area contributed by atoms with Crippen LogP contribution in [-0.4, -0.2) is 0 Å². The van der Waals surface area contributed by atoms with Gasteiger partial charge in [0.25, 0.3) is 0 Å². The van der Waals surface area contributed by atoms with E-state index in [0.29, 0.717) is 0 Å². The summed E-state index contributed by atoms with van der Waals surface area (Å²) in [5.41, 5.74) is 2.34. The fourth-order valence-electron chi connectivity index (χ4n) is 1.68. The molecule has 0 saturated carbocycles. The van der Waals surface area contributed by atoms with Gasteiger partial charge in [0, 0.05) is 4.47 Å². The Morgan fingerprint density at radius 1 is 1.06 bits per heavy atom. The monoisotopic (exact) mass is 290 g/mol. The molecule has 2 heteroatoms. The number of benzene rings is 2. The van der Waals surface area contributed by atoms with Gasteiger partial charge in [0.15, 0.2) is 0 Å². The summed E-state index contributed by atoms with van der Waals surface area (Å²) in [7, 11) is 0. The maximum atomic E-state index is 5.98. The van der Waals surface area contributed by atoms with Crippen molar-refractivity contribution in [2.24, 2.45) is 0 Å². The highest BCUT2D eigenvalue weighted by molar-refractivity contribution is 9.10. The molecule has 2 rings (SSSR count). The molecule has 0 aliphatic rings. The molecule has 0 saturated heterocycles. The lowest BCUT2D eigenvalue weighted by atomic mass is 10.1. The van der Waals surface area contributed by atoms with Gasteiger partial charge in [-0.05, 0) is 37.1 Å². The van der Waals surface area contributed by atoms with Gasteiger partial charge in [0.05, 0.1) is 0 Å². The minimum Gasteiger partial charge on any atom is -0.486 e. The Kier molecular flexibility index (Phi) is 3.85. The van der Waals surface area contributed by atoms with Crippen molar-refractivity contribution < 1.29 is 4.74 Å². The Labute approximate surface area is 111 Å². The van der Waals surface area contributed by atoms with Crippen molar-refractivity contribution in [2.45, 2.75) is 20.0 Å². The zero-order valence-electron chi connectivity index (χ0n) is 9.98. The Hall–Kier alpha value is -1.28. The highest BCUT2D eigenvalue weighted by Crippen LogP contribution is 2.27. The number of halogens is 1. The van der Waals surface area contributed by atoms with Crippen LogP contribution in [0.3, 0.4) is 0 Å². The molecule has 0 aromatic heterocycles. The largest absolute Gasteiger partial charge is 0.486 e. The first kappa shape index (κ1) is 12.2. The van der Waals surface area contributed by atoms with Gasteiger partial charge in [0.1, 0.15) is 11.9 Å². The quantitative estimate of drug-likeness (QED) is 0.781. The smallest absolute Gasteiger partial charge is 0.124 e. The standard InChI is InChI=1S/C15H15BrO/c1-11-8-9-14(16)10-15(11)17-12(2)13-6-4-3-5-7-13/h3-10,12H,1-2H3. The van der Waals surface area contributed by atoms with E-state index in [0.717, 1.165) is 15.8 Å². The first-order chi connectivity index (χ1) is 8.16. The first-order valence-electron chi connectivity index (χ1n) is 5.64. The minimum atomic E-state index is 0.0594. The molecule has 0 bridgehead atoms. The summed E-state index contributed by atoms with van der Waals surface area (Å²) in [6.45, 7) is 4.12. The maximum absolute atomic E-state index is 5.98. The van der Waals surface area contributed by atoms with E-state index in [1.54, 1.807) is 0 Å². The van der Waals surface area contributed by atoms with Crippen LogP contribution in [0.15, 0.2) is 53.0 Å². The average Bonchev–Trinajstić information content (AvgIpc) is 2.35. The molecule has 0 fully saturated rings. The van der Waals surface area contributed by atoms with Crippen LogP contribution in [0.4, 0.5) is 0 Å². The van der Waals surface area contributed by atoms with Crippen molar-refractivity contribution in [1.82, 2.24) is 0 Å². The van der Waals surface area contributed by atoms with Crippen molar-refractivity contribution in [3.8, 4) is 5.75 Å². The van der Waals surface area contributed by atoms with Crippen LogP contribution in [0.2, 0.25) is 0 Å². The van der Waals surface area contributed by atoms with E-state index >= 15 is 0 Å². The first-order valence-corrected chi connectivity index (χ1v) is 6.44. The highest BCUT2D eigenvalue weighted by Gasteiger charge is 2.08. The fraction of sp³-hybridized carbons (Fsp3) is 0.200. The molecule has 0 spiro atoms. The molecule has 17 heavy (non-hydrogen) atoms. The molecule has 1 atom stereocenters. The summed E-state index contributed by atoms with van der Waals surface area (Å²) in [6.07, 6.45) is 0.0594. The average molecular weight is 291 g/mol. The van der Waals surface area contributed by atoms with Gasteiger partial charge in [0.2, 0.25) is 0 Å². The van der Waals surface area contributed by atoms with Crippen LogP contribution < -0.4 is 4.74 Å². The van der Waals surface area contributed by atoms with E-state index in [2.05, 4.69) is 48.0 Å². The SMILES string of the molecule is Cc1ccc(Br)cc1OC(C)c1ccccc1. The third kappa shape index (κ3) is 3.10. The van der Waals surface area contributed by atoms with Crippen molar-refractivity contribution in [3.63, 3.8) is 0 Å². The molecule has 2 aromatic carbocycles. The van der Waals surface area contributed by atoms with Crippen molar-refractivity contribution in [2.75, 3.05) is 0 Å². The molecule has 0 N–H and O–H groups in total. The molecular weight excluding hydrogens is 276 g/mol. The Balaban J connectivity index is 2.18. The summed E-state index contributed by atoms with van der Waals surface area (Å²) >= 11 is 3.46. The third-order valence-electron chi connectivity index (χ3n) is 2.72. The fourth-order valence-corrected chi connectivity index (χ4v) is 2.02. The summed E-state index contributed by atoms with van der Waals surface area (Å²) in [4.78, 5) is 0. The highest BCUT2D eigenvalue weighted by atomic mass is 79.9. The van der Waals surface area contributed by atoms with Gasteiger partial charge in [-0.1, -0.05) is 52.3 Å². The van der Waals surface area contributed by atoms with Gasteiger partial charge in [-0.15, -0.1) is 0 Å². The summed E-state index contributed by atoms with van der Waals surface area (Å²) in [5, 5.41) is 0. The minimum absolute atomic E-state index is 0.0594. The van der Waals surface area contributed by atoms with Crippen LogP contribution in [0, 0.1) is 6.92 Å². The normalized spacial score (nSPS) is 12.2. The molecule has 88 valence electrons. The van der Waals surface area contributed by atoms with Crippen LogP contribution in [0.25, 0.3) is 0 Å². The lowest BCUT2D eigenvalue weighted by Gasteiger charge is -2.17. The van der Waals surface area contributed by atoms with Gasteiger partial charge in [-0.3, -0.25) is 0 Å². The lowest BCUT2D eigenvalue weighted by Crippen LogP contribution is -2.03. The number of hydrogen-bond donors (Lipinski definition) is 0. The van der Waals surface area contributed by atoms with Gasteiger partial charge in [-0.25, -0.2) is 0 Å². The van der Waals surface area contributed by atoms with Crippen LogP contribution in [-0.2, 0) is 0 Å². The van der Waals surface area contributed by atoms with E-state index in [4.69, 9.17) is 4.74 Å². The molecule has 2 aromatic rings. The van der Waals surface area contributed by atoms with Crippen molar-refractivity contribution >= 4 is 15.9 Å². The van der Waals surface area contributed by atoms with Gasteiger partial charge >= 0.3 is 0 Å². The van der Waals surface area contributed by atoms with Crippen molar-refractivity contribution in [1.29, 1.82) is 0 Å². The van der Waals surface area contributed by atoms with Gasteiger partial charge < -0.3 is 4.74 Å². The molecule has 1 nitrogen and oxygen atoms in total. The summed E-state index contributed by atoms with van der Waals surface area (Å²) in [6, 6.07) is 16.3. The predicted molar refractivity (Wildman–Crippen MR) is 74.4 cm³/mol. The van der Waals surface area contributed by atoms with Crippen LogP contribution in [0.1, 0.15) is 24.2 Å². The Morgan fingerprint density at radius 2 is 1.76 bits per heavy atom. The molecule has 0 radical (unpaired) electrons. The van der Waals surface area contributed by atoms with E-state index in [-0.39, 0.29) is 6.10 Å². The topological polar surface area (TPSA) is 9.23 Å². The lowest BCUT2D eigenvalue weighted by molar-refractivity contribution is 0.225. The Bertz CT molecular complexity index is 494. The zero-order chi connectivity index (χ0) is 12.3. The summed E-state index contributed by atoms with van der Waals surface area (Å²) in [5.74, 6) is 0.927. The summed E-state index contributed by atoms with van der Waals surface area (Å²) < 4.78 is 7.02. The molecule has 0 aliphatic carbocycles. The van der Waals surface area contributed by atoms with Crippen LogP contribution >= 0.6 is 15.9 Å². The van der Waals surface area contributed by atoms with Gasteiger partial charge in [-0.2, -0.15) is 0 Å². The predicted octanol–water partition coefficient (Wildman–Crippen LogP) is 4.90. The number of rotatable bonds is 3. The zero-order valence-corrected chi connectivity index (χ0v) is 11.6. The van der Waals surface area contributed by atoms with E-state index in [9.17, 15) is 0 Å². The number of aryl methyl sites for hydroxylation is 1. The second-order valence-corrected chi connectivity index (χ2v) is 5.00.